The minimum atomic E-state index is 0.0809. The molecule has 1 heterocycles. The van der Waals surface area contributed by atoms with E-state index in [1.54, 1.807) is 14.0 Å². The number of hydrogen-bond acceptors (Lipinski definition) is 3. The van der Waals surface area contributed by atoms with Crippen LogP contribution in [0.5, 0.6) is 0 Å². The predicted octanol–water partition coefficient (Wildman–Crippen LogP) is 2.29. The number of amides is 1. The van der Waals surface area contributed by atoms with Gasteiger partial charge in [0.15, 0.2) is 0 Å². The lowest BCUT2D eigenvalue weighted by Crippen LogP contribution is -2.40. The van der Waals surface area contributed by atoms with Crippen molar-refractivity contribution >= 4 is 5.91 Å². The van der Waals surface area contributed by atoms with Gasteiger partial charge in [0.05, 0.1) is 6.61 Å². The third-order valence-corrected chi connectivity index (χ3v) is 3.82. The number of carbonyl (C=O) groups is 1. The average molecular weight is 284 g/mol. The zero-order chi connectivity index (χ0) is 15.4. The lowest BCUT2D eigenvalue weighted by Gasteiger charge is -2.37. The third-order valence-electron chi connectivity index (χ3n) is 3.82. The van der Waals surface area contributed by atoms with E-state index >= 15 is 0 Å². The molecule has 20 heavy (non-hydrogen) atoms. The Balaban J connectivity index is 2.45. The topological polar surface area (TPSA) is 41.6 Å². The van der Waals surface area contributed by atoms with Crippen molar-refractivity contribution in [3.05, 3.63) is 0 Å². The first kappa shape index (κ1) is 17.4. The van der Waals surface area contributed by atoms with Crippen LogP contribution in [0.15, 0.2) is 0 Å². The predicted molar refractivity (Wildman–Crippen MR) is 82.7 cm³/mol. The van der Waals surface area contributed by atoms with Crippen molar-refractivity contribution in [2.24, 2.45) is 10.8 Å². The van der Waals surface area contributed by atoms with Crippen LogP contribution in [-0.4, -0.2) is 50.2 Å². The molecule has 118 valence electrons. The Labute approximate surface area is 124 Å². The molecule has 0 aromatic carbocycles. The van der Waals surface area contributed by atoms with Gasteiger partial charge in [-0.2, -0.15) is 0 Å². The van der Waals surface area contributed by atoms with Crippen molar-refractivity contribution in [1.29, 1.82) is 0 Å². The number of nitrogens with zero attached hydrogens (tertiary/aromatic N) is 1. The minimum Gasteiger partial charge on any atom is -0.384 e. The molecule has 1 unspecified atom stereocenters. The van der Waals surface area contributed by atoms with E-state index in [2.05, 4.69) is 37.9 Å². The first-order valence-corrected chi connectivity index (χ1v) is 7.62. The molecule has 1 rings (SSSR count). The summed E-state index contributed by atoms with van der Waals surface area (Å²) < 4.78 is 5.32. The zero-order valence-electron chi connectivity index (χ0n) is 14.1. The summed E-state index contributed by atoms with van der Waals surface area (Å²) in [5.41, 5.74) is 0.460. The number of ether oxygens (including phenoxy) is 1. The summed E-state index contributed by atoms with van der Waals surface area (Å²) in [7, 11) is 1.77. The van der Waals surface area contributed by atoms with Crippen LogP contribution in [0.25, 0.3) is 0 Å². The highest BCUT2D eigenvalue weighted by Crippen LogP contribution is 2.35. The Morgan fingerprint density at radius 2 is 1.95 bits per heavy atom. The maximum absolute atomic E-state index is 11.1. The molecule has 1 saturated heterocycles. The highest BCUT2D eigenvalue weighted by Gasteiger charge is 2.33. The molecule has 0 spiro atoms. The first-order chi connectivity index (χ1) is 9.13. The van der Waals surface area contributed by atoms with Crippen LogP contribution in [-0.2, 0) is 9.53 Å². The standard InChI is InChI=1S/C16H32N2O2/c1-13(19)17-14-7-8-18(9-14)11-15(2,3)10-16(4,5)12-20-6/h14H,7-12H2,1-6H3,(H,17,19). The largest absolute Gasteiger partial charge is 0.384 e. The molecule has 0 aromatic heterocycles. The SMILES string of the molecule is COCC(C)(C)CC(C)(C)CN1CCC(NC(C)=O)C1. The smallest absolute Gasteiger partial charge is 0.217 e. The van der Waals surface area contributed by atoms with Crippen molar-refractivity contribution in [1.82, 2.24) is 10.2 Å². The number of methoxy groups -OCH3 is 1. The van der Waals surface area contributed by atoms with E-state index in [4.69, 9.17) is 4.74 Å². The molecule has 0 saturated carbocycles. The van der Waals surface area contributed by atoms with Crippen LogP contribution in [0, 0.1) is 10.8 Å². The fourth-order valence-electron chi connectivity index (χ4n) is 3.78. The monoisotopic (exact) mass is 284 g/mol. The molecule has 1 aliphatic heterocycles. The van der Waals surface area contributed by atoms with Gasteiger partial charge in [-0.15, -0.1) is 0 Å². The van der Waals surface area contributed by atoms with Crippen LogP contribution >= 0.6 is 0 Å². The van der Waals surface area contributed by atoms with Crippen LogP contribution in [0.3, 0.4) is 0 Å². The molecular weight excluding hydrogens is 252 g/mol. The zero-order valence-corrected chi connectivity index (χ0v) is 14.1. The average Bonchev–Trinajstić information content (AvgIpc) is 2.60. The van der Waals surface area contributed by atoms with Gasteiger partial charge in [-0.3, -0.25) is 4.79 Å². The number of carbonyl (C=O) groups excluding carboxylic acids is 1. The molecule has 1 atom stereocenters. The Bertz CT molecular complexity index is 326. The van der Waals surface area contributed by atoms with E-state index in [0.29, 0.717) is 6.04 Å². The second-order valence-electron chi connectivity index (χ2n) is 7.86. The molecule has 1 amide bonds. The summed E-state index contributed by atoms with van der Waals surface area (Å²) in [6.07, 6.45) is 2.20. The molecule has 4 nitrogen and oxygen atoms in total. The molecule has 0 aliphatic carbocycles. The van der Waals surface area contributed by atoms with Crippen LogP contribution in [0.1, 0.15) is 47.5 Å². The summed E-state index contributed by atoms with van der Waals surface area (Å²) in [6, 6.07) is 0.329. The van der Waals surface area contributed by atoms with Crippen LogP contribution in [0.4, 0.5) is 0 Å². The second kappa shape index (κ2) is 6.90. The van der Waals surface area contributed by atoms with Gasteiger partial charge in [-0.05, 0) is 23.7 Å². The van der Waals surface area contributed by atoms with E-state index in [9.17, 15) is 4.79 Å². The molecule has 0 radical (unpaired) electrons. The number of rotatable bonds is 7. The third kappa shape index (κ3) is 6.23. The minimum absolute atomic E-state index is 0.0809. The lowest BCUT2D eigenvalue weighted by molar-refractivity contribution is -0.119. The van der Waals surface area contributed by atoms with Gasteiger partial charge in [-0.1, -0.05) is 27.7 Å². The van der Waals surface area contributed by atoms with Crippen molar-refractivity contribution < 1.29 is 9.53 Å². The van der Waals surface area contributed by atoms with Crippen LogP contribution in [0.2, 0.25) is 0 Å². The quantitative estimate of drug-likeness (QED) is 0.780. The van der Waals surface area contributed by atoms with Crippen molar-refractivity contribution in [2.45, 2.75) is 53.5 Å². The number of nitrogens with one attached hydrogen (secondary N) is 1. The van der Waals surface area contributed by atoms with Gasteiger partial charge < -0.3 is 15.0 Å². The van der Waals surface area contributed by atoms with Gasteiger partial charge >= 0.3 is 0 Å². The Morgan fingerprint density at radius 1 is 1.30 bits per heavy atom. The van der Waals surface area contributed by atoms with E-state index in [-0.39, 0.29) is 16.7 Å². The maximum Gasteiger partial charge on any atom is 0.217 e. The number of hydrogen-bond donors (Lipinski definition) is 1. The van der Waals surface area contributed by atoms with Gasteiger partial charge in [0, 0.05) is 39.7 Å². The Hall–Kier alpha value is -0.610. The summed E-state index contributed by atoms with van der Waals surface area (Å²) in [4.78, 5) is 13.6. The van der Waals surface area contributed by atoms with E-state index in [0.717, 1.165) is 39.1 Å². The van der Waals surface area contributed by atoms with Crippen molar-refractivity contribution in [2.75, 3.05) is 33.4 Å². The van der Waals surface area contributed by atoms with Crippen LogP contribution < -0.4 is 5.32 Å². The van der Waals surface area contributed by atoms with Crippen molar-refractivity contribution in [3.63, 3.8) is 0 Å². The molecule has 1 N–H and O–H groups in total. The Kier molecular flexibility index (Phi) is 6.02. The summed E-state index contributed by atoms with van der Waals surface area (Å²) >= 11 is 0. The summed E-state index contributed by atoms with van der Waals surface area (Å²) in [5, 5.41) is 3.03. The first-order valence-electron chi connectivity index (χ1n) is 7.62. The highest BCUT2D eigenvalue weighted by atomic mass is 16.5. The lowest BCUT2D eigenvalue weighted by atomic mass is 9.75. The molecular formula is C16H32N2O2. The van der Waals surface area contributed by atoms with E-state index in [1.807, 2.05) is 0 Å². The fraction of sp³-hybridized carbons (Fsp3) is 0.938. The second-order valence-corrected chi connectivity index (χ2v) is 7.86. The fourth-order valence-corrected chi connectivity index (χ4v) is 3.78. The summed E-state index contributed by atoms with van der Waals surface area (Å²) in [5.74, 6) is 0.0809. The maximum atomic E-state index is 11.1. The normalized spacial score (nSPS) is 21.2. The van der Waals surface area contributed by atoms with Gasteiger partial charge in [0.1, 0.15) is 0 Å². The van der Waals surface area contributed by atoms with Crippen molar-refractivity contribution in [3.8, 4) is 0 Å². The van der Waals surface area contributed by atoms with E-state index < -0.39 is 0 Å². The Morgan fingerprint density at radius 3 is 2.50 bits per heavy atom. The molecule has 0 bridgehead atoms. The highest BCUT2D eigenvalue weighted by molar-refractivity contribution is 5.73. The van der Waals surface area contributed by atoms with Gasteiger partial charge in [0.25, 0.3) is 0 Å². The van der Waals surface area contributed by atoms with Gasteiger partial charge in [0.2, 0.25) is 5.91 Å². The molecule has 0 aromatic rings. The summed E-state index contributed by atoms with van der Waals surface area (Å²) in [6.45, 7) is 14.7. The van der Waals surface area contributed by atoms with Gasteiger partial charge in [-0.25, -0.2) is 0 Å². The molecule has 1 fully saturated rings. The number of likely N-dealkylation sites (tertiary alicyclic amines) is 1. The molecule has 1 aliphatic rings. The van der Waals surface area contributed by atoms with E-state index in [1.165, 1.54) is 0 Å². The molecule has 4 heteroatoms.